The van der Waals surface area contributed by atoms with Gasteiger partial charge in [0, 0.05) is 19.3 Å². The summed E-state index contributed by atoms with van der Waals surface area (Å²) in [4.78, 5) is 2.21. The first-order valence-corrected chi connectivity index (χ1v) is 9.17. The van der Waals surface area contributed by atoms with E-state index in [1.807, 2.05) is 42.5 Å². The van der Waals surface area contributed by atoms with Crippen LogP contribution < -0.4 is 9.64 Å². The number of ether oxygens (including phenoxy) is 1. The van der Waals surface area contributed by atoms with Gasteiger partial charge in [0.2, 0.25) is 0 Å². The molecule has 0 spiro atoms. The predicted octanol–water partition coefficient (Wildman–Crippen LogP) is 5.01. The largest absolute Gasteiger partial charge is 0.459 e. The zero-order valence-corrected chi connectivity index (χ0v) is 16.4. The van der Waals surface area contributed by atoms with Crippen molar-refractivity contribution in [2.45, 2.75) is 45.2 Å². The third kappa shape index (κ3) is 4.22. The highest BCUT2D eigenvalue weighted by molar-refractivity contribution is 6.45. The first kappa shape index (κ1) is 18.8. The van der Waals surface area contributed by atoms with E-state index in [1.54, 1.807) is 0 Å². The Morgan fingerprint density at radius 3 is 1.96 bits per heavy atom. The lowest BCUT2D eigenvalue weighted by Crippen LogP contribution is -2.41. The highest BCUT2D eigenvalue weighted by Gasteiger charge is 2.50. The van der Waals surface area contributed by atoms with Gasteiger partial charge in [-0.3, -0.25) is 0 Å². The maximum absolute atomic E-state index is 6.07. The quantitative estimate of drug-likeness (QED) is 0.684. The molecule has 1 aliphatic rings. The summed E-state index contributed by atoms with van der Waals surface area (Å²) in [5.74, 6) is 1.67. The fraction of sp³-hybridized carbons (Fsp3) is 0.429. The fourth-order valence-corrected chi connectivity index (χ4v) is 2.90. The van der Waals surface area contributed by atoms with Crippen molar-refractivity contribution in [1.82, 2.24) is 0 Å². The summed E-state index contributed by atoms with van der Waals surface area (Å²) in [6, 6.07) is 17.9. The van der Waals surface area contributed by atoms with E-state index >= 15 is 0 Å². The van der Waals surface area contributed by atoms with E-state index < -0.39 is 0 Å². The molecule has 138 valence electrons. The van der Waals surface area contributed by atoms with E-state index in [9.17, 15) is 0 Å². The van der Waals surface area contributed by atoms with Crippen LogP contribution in [-0.4, -0.2) is 31.9 Å². The highest BCUT2D eigenvalue weighted by Crippen LogP contribution is 2.37. The average molecular weight is 353 g/mol. The minimum Gasteiger partial charge on any atom is -0.457 e. The Hall–Kier alpha value is -1.98. The molecule has 0 atom stereocenters. The van der Waals surface area contributed by atoms with Gasteiger partial charge in [0.15, 0.2) is 0 Å². The zero-order chi connectivity index (χ0) is 18.8. The molecule has 1 fully saturated rings. The summed E-state index contributed by atoms with van der Waals surface area (Å²) in [5.41, 5.74) is 0.598. The van der Waals surface area contributed by atoms with E-state index in [2.05, 4.69) is 51.8 Å². The number of nitrogens with zero attached hydrogens (tertiary/aromatic N) is 1. The number of para-hydroxylation sites is 1. The van der Waals surface area contributed by atoms with Crippen molar-refractivity contribution in [3.8, 4) is 11.5 Å². The smallest absolute Gasteiger partial charge is 0.457 e. The molecule has 1 aliphatic heterocycles. The van der Waals surface area contributed by atoms with E-state index in [1.165, 1.54) is 0 Å². The van der Waals surface area contributed by atoms with Crippen LogP contribution in [0.25, 0.3) is 0 Å². The normalized spacial score (nSPS) is 18.0. The van der Waals surface area contributed by atoms with Crippen LogP contribution in [0.3, 0.4) is 0 Å². The Kier molecular flexibility index (Phi) is 5.30. The molecular weight excluding hydrogens is 325 g/mol. The van der Waals surface area contributed by atoms with Gasteiger partial charge in [-0.15, -0.1) is 0 Å². The summed E-state index contributed by atoms with van der Waals surface area (Å²) < 4.78 is 18.0. The van der Waals surface area contributed by atoms with Gasteiger partial charge in [-0.05, 0) is 70.4 Å². The minimum absolute atomic E-state index is 0.164. The van der Waals surface area contributed by atoms with E-state index in [0.717, 1.165) is 30.1 Å². The maximum atomic E-state index is 6.07. The molecule has 0 amide bonds. The molecule has 1 heterocycles. The average Bonchev–Trinajstić information content (AvgIpc) is 2.81. The van der Waals surface area contributed by atoms with Gasteiger partial charge in [-0.25, -0.2) is 0 Å². The van der Waals surface area contributed by atoms with E-state index in [4.69, 9.17) is 14.0 Å². The monoisotopic (exact) mass is 353 g/mol. The lowest BCUT2D eigenvalue weighted by molar-refractivity contribution is 0.00578. The maximum Gasteiger partial charge on any atom is 0.459 e. The summed E-state index contributed by atoms with van der Waals surface area (Å²) in [7, 11) is 1.92. The molecule has 5 heteroatoms. The molecule has 3 rings (SSSR count). The third-order valence-corrected chi connectivity index (χ3v) is 5.26. The van der Waals surface area contributed by atoms with Gasteiger partial charge in [-0.2, -0.15) is 0 Å². The molecular formula is C21H28BNO3. The standard InChI is InChI=1S/C21H28BNO3/c1-20(2)21(3,4)26-22(25-20)15-16-23(5)17-11-13-19(14-12-17)24-18-9-7-6-8-10-18/h6-14H,15-16H2,1-5H3. The van der Waals surface area contributed by atoms with Crippen molar-refractivity contribution in [3.05, 3.63) is 54.6 Å². The second-order valence-corrected chi connectivity index (χ2v) is 7.81. The molecule has 26 heavy (non-hydrogen) atoms. The highest BCUT2D eigenvalue weighted by atomic mass is 16.7. The van der Waals surface area contributed by atoms with Crippen LogP contribution in [0.1, 0.15) is 27.7 Å². The third-order valence-electron chi connectivity index (χ3n) is 5.26. The minimum atomic E-state index is -0.271. The summed E-state index contributed by atoms with van der Waals surface area (Å²) in [6.45, 7) is 9.20. The lowest BCUT2D eigenvalue weighted by atomic mass is 9.85. The Morgan fingerprint density at radius 1 is 0.846 bits per heavy atom. The molecule has 1 saturated heterocycles. The Bertz CT molecular complexity index is 700. The van der Waals surface area contributed by atoms with Crippen LogP contribution >= 0.6 is 0 Å². The van der Waals surface area contributed by atoms with Crippen LogP contribution in [0.2, 0.25) is 6.32 Å². The summed E-state index contributed by atoms with van der Waals surface area (Å²) in [5, 5.41) is 0. The van der Waals surface area contributed by atoms with Crippen LogP contribution in [0.5, 0.6) is 11.5 Å². The predicted molar refractivity (Wildman–Crippen MR) is 107 cm³/mol. The van der Waals surface area contributed by atoms with Crippen molar-refractivity contribution in [3.63, 3.8) is 0 Å². The van der Waals surface area contributed by atoms with E-state index in [-0.39, 0.29) is 18.3 Å². The number of hydrogen-bond donors (Lipinski definition) is 0. The summed E-state index contributed by atoms with van der Waals surface area (Å²) in [6.07, 6.45) is 0.825. The molecule has 0 aliphatic carbocycles. The van der Waals surface area contributed by atoms with Gasteiger partial charge in [0.05, 0.1) is 11.2 Å². The molecule has 0 N–H and O–H groups in total. The molecule has 4 nitrogen and oxygen atoms in total. The molecule has 0 unspecified atom stereocenters. The SMILES string of the molecule is CN(CCB1OC(C)(C)C(C)(C)O1)c1ccc(Oc2ccccc2)cc1. The number of hydrogen-bond acceptors (Lipinski definition) is 4. The van der Waals surface area contributed by atoms with Crippen molar-refractivity contribution >= 4 is 12.8 Å². The number of anilines is 1. The van der Waals surface area contributed by atoms with E-state index in [0.29, 0.717) is 0 Å². The Labute approximate surface area is 157 Å². The van der Waals surface area contributed by atoms with Crippen molar-refractivity contribution < 1.29 is 14.0 Å². The van der Waals surface area contributed by atoms with Crippen LogP contribution in [0, 0.1) is 0 Å². The van der Waals surface area contributed by atoms with Crippen LogP contribution in [0.15, 0.2) is 54.6 Å². The van der Waals surface area contributed by atoms with Gasteiger partial charge >= 0.3 is 7.12 Å². The second-order valence-electron chi connectivity index (χ2n) is 7.81. The fourth-order valence-electron chi connectivity index (χ4n) is 2.90. The van der Waals surface area contributed by atoms with Crippen LogP contribution in [0.4, 0.5) is 5.69 Å². The second kappa shape index (κ2) is 7.33. The Balaban J connectivity index is 1.53. The number of rotatable bonds is 6. The van der Waals surface area contributed by atoms with Crippen LogP contribution in [-0.2, 0) is 9.31 Å². The topological polar surface area (TPSA) is 30.9 Å². The molecule has 0 aromatic heterocycles. The van der Waals surface area contributed by atoms with Crippen molar-refractivity contribution in [2.24, 2.45) is 0 Å². The first-order valence-electron chi connectivity index (χ1n) is 9.17. The number of benzene rings is 2. The van der Waals surface area contributed by atoms with Crippen molar-refractivity contribution in [2.75, 3.05) is 18.5 Å². The van der Waals surface area contributed by atoms with Gasteiger partial charge in [-0.1, -0.05) is 18.2 Å². The molecule has 0 bridgehead atoms. The summed E-state index contributed by atoms with van der Waals surface area (Å²) >= 11 is 0. The zero-order valence-electron chi connectivity index (χ0n) is 16.4. The van der Waals surface area contributed by atoms with Gasteiger partial charge < -0.3 is 18.9 Å². The molecule has 2 aromatic carbocycles. The Morgan fingerprint density at radius 2 is 1.38 bits per heavy atom. The lowest BCUT2D eigenvalue weighted by Gasteiger charge is -2.32. The van der Waals surface area contributed by atoms with Gasteiger partial charge in [0.1, 0.15) is 11.5 Å². The molecule has 0 radical (unpaired) electrons. The van der Waals surface area contributed by atoms with Crippen molar-refractivity contribution in [1.29, 1.82) is 0 Å². The first-order chi connectivity index (χ1) is 12.3. The molecule has 0 saturated carbocycles. The molecule has 2 aromatic rings. The van der Waals surface area contributed by atoms with Gasteiger partial charge in [0.25, 0.3) is 0 Å².